The molecule has 0 aromatic rings. The first kappa shape index (κ1) is 10.8. The van der Waals surface area contributed by atoms with E-state index in [1.807, 2.05) is 0 Å². The number of amides is 1. The largest absolute Gasteiger partial charge is 0.352 e. The smallest absolute Gasteiger partial charge is 0.237 e. The van der Waals surface area contributed by atoms with Crippen LogP contribution in [0.15, 0.2) is 0 Å². The molecule has 0 bridgehead atoms. The van der Waals surface area contributed by atoms with Crippen LogP contribution < -0.4 is 5.32 Å². The molecule has 0 heterocycles. The van der Waals surface area contributed by atoms with E-state index in [1.54, 1.807) is 6.92 Å². The van der Waals surface area contributed by atoms with Crippen LogP contribution in [-0.2, 0) is 4.79 Å². The minimum Gasteiger partial charge on any atom is -0.352 e. The lowest BCUT2D eigenvalue weighted by Gasteiger charge is -2.20. The Morgan fingerprint density at radius 3 is 2.38 bits per heavy atom. The summed E-state index contributed by atoms with van der Waals surface area (Å²) >= 11 is 5.67. The Balaban J connectivity index is 2.31. The molecule has 0 aromatic heterocycles. The zero-order valence-corrected chi connectivity index (χ0v) is 9.10. The fraction of sp³-hybridized carbons (Fsp3) is 0.900. The Morgan fingerprint density at radius 2 is 1.92 bits per heavy atom. The fourth-order valence-corrected chi connectivity index (χ4v) is 1.98. The Bertz CT molecular complexity index is 176. The molecule has 1 rings (SSSR count). The van der Waals surface area contributed by atoms with Crippen molar-refractivity contribution in [2.75, 3.05) is 0 Å². The maximum atomic E-state index is 11.3. The lowest BCUT2D eigenvalue weighted by atomic mass is 10.00. The van der Waals surface area contributed by atoms with Crippen molar-refractivity contribution in [1.29, 1.82) is 0 Å². The quantitative estimate of drug-likeness (QED) is 0.701. The molecule has 0 radical (unpaired) electrons. The molecule has 0 aromatic carbocycles. The molecule has 1 unspecified atom stereocenters. The fourth-order valence-electron chi connectivity index (χ4n) is 1.91. The average Bonchev–Trinajstić information content (AvgIpc) is 2.55. The first-order valence-electron chi connectivity index (χ1n) is 5.05. The van der Waals surface area contributed by atoms with E-state index in [-0.39, 0.29) is 11.9 Å². The highest BCUT2D eigenvalue weighted by atomic mass is 35.5. The van der Waals surface area contributed by atoms with Crippen LogP contribution in [-0.4, -0.2) is 17.3 Å². The molecule has 0 spiro atoms. The van der Waals surface area contributed by atoms with Gasteiger partial charge in [-0.2, -0.15) is 0 Å². The predicted octanol–water partition coefficient (Wildman–Crippen LogP) is 2.31. The monoisotopic (exact) mass is 203 g/mol. The van der Waals surface area contributed by atoms with Crippen LogP contribution in [0.1, 0.15) is 39.5 Å². The molecule has 1 saturated carbocycles. The van der Waals surface area contributed by atoms with Crippen LogP contribution in [0.25, 0.3) is 0 Å². The lowest BCUT2D eigenvalue weighted by Crippen LogP contribution is -2.40. The number of rotatable bonds is 3. The Kier molecular flexibility index (Phi) is 4.04. The summed E-state index contributed by atoms with van der Waals surface area (Å²) in [6.07, 6.45) is 5.11. The van der Waals surface area contributed by atoms with Crippen molar-refractivity contribution in [2.24, 2.45) is 5.92 Å². The van der Waals surface area contributed by atoms with E-state index in [0.29, 0.717) is 5.92 Å². The highest BCUT2D eigenvalue weighted by Gasteiger charge is 2.23. The van der Waals surface area contributed by atoms with Crippen LogP contribution >= 0.6 is 11.6 Å². The third kappa shape index (κ3) is 3.18. The first-order valence-corrected chi connectivity index (χ1v) is 5.49. The Morgan fingerprint density at radius 1 is 1.38 bits per heavy atom. The summed E-state index contributed by atoms with van der Waals surface area (Å²) < 4.78 is 0. The van der Waals surface area contributed by atoms with Gasteiger partial charge in [-0.1, -0.05) is 12.8 Å². The van der Waals surface area contributed by atoms with Crippen molar-refractivity contribution in [3.8, 4) is 0 Å². The van der Waals surface area contributed by atoms with Crippen LogP contribution in [0, 0.1) is 5.92 Å². The molecule has 13 heavy (non-hydrogen) atoms. The van der Waals surface area contributed by atoms with Gasteiger partial charge >= 0.3 is 0 Å². The zero-order chi connectivity index (χ0) is 9.84. The van der Waals surface area contributed by atoms with E-state index in [2.05, 4.69) is 12.2 Å². The molecule has 76 valence electrons. The predicted molar refractivity (Wildman–Crippen MR) is 54.9 cm³/mol. The summed E-state index contributed by atoms with van der Waals surface area (Å²) in [6, 6.07) is 0.288. The van der Waals surface area contributed by atoms with E-state index >= 15 is 0 Å². The second kappa shape index (κ2) is 4.85. The van der Waals surface area contributed by atoms with Crippen molar-refractivity contribution in [3.05, 3.63) is 0 Å². The van der Waals surface area contributed by atoms with Gasteiger partial charge in [0, 0.05) is 6.04 Å². The summed E-state index contributed by atoms with van der Waals surface area (Å²) in [6.45, 7) is 3.78. The molecule has 1 amide bonds. The van der Waals surface area contributed by atoms with Gasteiger partial charge in [-0.3, -0.25) is 4.79 Å². The van der Waals surface area contributed by atoms with E-state index < -0.39 is 5.38 Å². The number of carbonyl (C=O) groups is 1. The summed E-state index contributed by atoms with van der Waals surface area (Å²) in [4.78, 5) is 11.3. The van der Waals surface area contributed by atoms with Gasteiger partial charge in [0.2, 0.25) is 5.91 Å². The number of carbonyl (C=O) groups excluding carboxylic acids is 1. The number of nitrogens with one attached hydrogen (secondary N) is 1. The molecule has 1 aliphatic rings. The van der Waals surface area contributed by atoms with Gasteiger partial charge in [0.1, 0.15) is 5.38 Å². The molecule has 0 saturated heterocycles. The normalized spacial score (nSPS) is 22.7. The van der Waals surface area contributed by atoms with Crippen molar-refractivity contribution in [3.63, 3.8) is 0 Å². The SMILES string of the molecule is CC(Cl)C(=O)N[C@H](C)C1CCCC1. The molecule has 0 aliphatic heterocycles. The van der Waals surface area contributed by atoms with Gasteiger partial charge in [-0.05, 0) is 32.6 Å². The van der Waals surface area contributed by atoms with Crippen LogP contribution in [0.2, 0.25) is 0 Å². The van der Waals surface area contributed by atoms with E-state index in [4.69, 9.17) is 11.6 Å². The summed E-state index contributed by atoms with van der Waals surface area (Å²) in [5.41, 5.74) is 0. The summed E-state index contributed by atoms with van der Waals surface area (Å²) in [5, 5.41) is 2.54. The average molecular weight is 204 g/mol. The second-order valence-corrected chi connectivity index (χ2v) is 4.61. The third-order valence-electron chi connectivity index (χ3n) is 2.84. The molecular weight excluding hydrogens is 186 g/mol. The number of halogens is 1. The van der Waals surface area contributed by atoms with Crippen molar-refractivity contribution < 1.29 is 4.79 Å². The first-order chi connectivity index (χ1) is 6.11. The number of hydrogen-bond acceptors (Lipinski definition) is 1. The van der Waals surface area contributed by atoms with Gasteiger partial charge in [-0.25, -0.2) is 0 Å². The molecule has 2 nitrogen and oxygen atoms in total. The van der Waals surface area contributed by atoms with Gasteiger partial charge in [0.05, 0.1) is 0 Å². The van der Waals surface area contributed by atoms with Crippen LogP contribution in [0.3, 0.4) is 0 Å². The van der Waals surface area contributed by atoms with Crippen LogP contribution in [0.5, 0.6) is 0 Å². The van der Waals surface area contributed by atoms with E-state index in [1.165, 1.54) is 25.7 Å². The lowest BCUT2D eigenvalue weighted by molar-refractivity contribution is -0.121. The highest BCUT2D eigenvalue weighted by Crippen LogP contribution is 2.27. The second-order valence-electron chi connectivity index (χ2n) is 3.96. The van der Waals surface area contributed by atoms with Gasteiger partial charge in [0.15, 0.2) is 0 Å². The molecular formula is C10H18ClNO. The topological polar surface area (TPSA) is 29.1 Å². The minimum absolute atomic E-state index is 0.0407. The standard InChI is InChI=1S/C10H18ClNO/c1-7(11)10(13)12-8(2)9-5-3-4-6-9/h7-9H,3-6H2,1-2H3,(H,12,13)/t7?,8-/m1/s1. The van der Waals surface area contributed by atoms with Crippen molar-refractivity contribution in [1.82, 2.24) is 5.32 Å². The molecule has 1 N–H and O–H groups in total. The molecule has 1 aliphatic carbocycles. The summed E-state index contributed by atoms with van der Waals surface area (Å²) in [5.74, 6) is 0.625. The highest BCUT2D eigenvalue weighted by molar-refractivity contribution is 6.30. The van der Waals surface area contributed by atoms with Crippen molar-refractivity contribution in [2.45, 2.75) is 50.9 Å². The maximum absolute atomic E-state index is 11.3. The third-order valence-corrected chi connectivity index (χ3v) is 3.04. The zero-order valence-electron chi connectivity index (χ0n) is 8.35. The van der Waals surface area contributed by atoms with E-state index in [9.17, 15) is 4.79 Å². The number of hydrogen-bond donors (Lipinski definition) is 1. The molecule has 3 heteroatoms. The molecule has 1 fully saturated rings. The van der Waals surface area contributed by atoms with Gasteiger partial charge in [-0.15, -0.1) is 11.6 Å². The molecule has 2 atom stereocenters. The maximum Gasteiger partial charge on any atom is 0.237 e. The van der Waals surface area contributed by atoms with E-state index in [0.717, 1.165) is 0 Å². The summed E-state index contributed by atoms with van der Waals surface area (Å²) in [7, 11) is 0. The van der Waals surface area contributed by atoms with Crippen molar-refractivity contribution >= 4 is 17.5 Å². The number of alkyl halides is 1. The Hall–Kier alpha value is -0.240. The van der Waals surface area contributed by atoms with Crippen LogP contribution in [0.4, 0.5) is 0 Å². The van der Waals surface area contributed by atoms with Gasteiger partial charge < -0.3 is 5.32 Å². The Labute approximate surface area is 85.0 Å². The minimum atomic E-state index is -0.413. The van der Waals surface area contributed by atoms with Gasteiger partial charge in [0.25, 0.3) is 0 Å².